The lowest BCUT2D eigenvalue weighted by Gasteiger charge is -2.18. The van der Waals surface area contributed by atoms with Gasteiger partial charge < -0.3 is 15.2 Å². The summed E-state index contributed by atoms with van der Waals surface area (Å²) in [6, 6.07) is 4.23. The van der Waals surface area contributed by atoms with Crippen LogP contribution in [0.2, 0.25) is 0 Å². The van der Waals surface area contributed by atoms with Crippen molar-refractivity contribution in [2.24, 2.45) is 5.92 Å². The fraction of sp³-hybridized carbons (Fsp3) is 0.400. The minimum Gasteiger partial charge on any atom is -0.494 e. The van der Waals surface area contributed by atoms with Crippen LogP contribution in [0.3, 0.4) is 0 Å². The number of halogens is 1. The van der Waals surface area contributed by atoms with Gasteiger partial charge in [-0.3, -0.25) is 4.79 Å². The maximum absolute atomic E-state index is 13.2. The first-order valence-corrected chi connectivity index (χ1v) is 6.41. The Hall–Kier alpha value is -1.88. The van der Waals surface area contributed by atoms with Gasteiger partial charge in [-0.2, -0.15) is 0 Å². The van der Waals surface area contributed by atoms with Gasteiger partial charge in [-0.1, -0.05) is 13.0 Å². The van der Waals surface area contributed by atoms with Crippen LogP contribution in [0.4, 0.5) is 4.39 Å². The van der Waals surface area contributed by atoms with E-state index in [0.717, 1.165) is 0 Å². The second-order valence-corrected chi connectivity index (χ2v) is 4.68. The Balaban J connectivity index is 2.66. The van der Waals surface area contributed by atoms with Gasteiger partial charge in [0, 0.05) is 18.7 Å². The molecule has 4 nitrogen and oxygen atoms in total. The molecule has 110 valence electrons. The molecule has 20 heavy (non-hydrogen) atoms. The summed E-state index contributed by atoms with van der Waals surface area (Å²) in [6.45, 7) is 3.69. The number of carbonyl (C=O) groups is 1. The Labute approximate surface area is 118 Å². The molecule has 0 aromatic heterocycles. The Morgan fingerprint density at radius 1 is 1.50 bits per heavy atom. The molecule has 0 saturated heterocycles. The number of amides is 1. The van der Waals surface area contributed by atoms with E-state index in [1.165, 1.54) is 25.3 Å². The predicted molar refractivity (Wildman–Crippen MR) is 75.8 cm³/mol. The van der Waals surface area contributed by atoms with Crippen molar-refractivity contribution in [3.05, 3.63) is 35.7 Å². The van der Waals surface area contributed by atoms with Gasteiger partial charge in [-0.25, -0.2) is 4.39 Å². The van der Waals surface area contributed by atoms with Crippen LogP contribution in [0, 0.1) is 11.7 Å². The van der Waals surface area contributed by atoms with Crippen LogP contribution in [-0.2, 0) is 4.79 Å². The minimum absolute atomic E-state index is 0.0142. The molecule has 1 rings (SSSR count). The second-order valence-electron chi connectivity index (χ2n) is 4.68. The number of aliphatic hydroxyl groups excluding tert-OH is 1. The quantitative estimate of drug-likeness (QED) is 0.784. The molecule has 0 saturated carbocycles. The zero-order valence-electron chi connectivity index (χ0n) is 11.9. The van der Waals surface area contributed by atoms with Gasteiger partial charge in [-0.15, -0.1) is 0 Å². The molecule has 2 N–H and O–H groups in total. The SMILES string of the molecule is COc1cc(/C=C/C(=O)NC(C)C(C)CO)ccc1F. The average molecular weight is 281 g/mol. The second kappa shape index (κ2) is 7.65. The van der Waals surface area contributed by atoms with Crippen LogP contribution in [0.25, 0.3) is 6.08 Å². The molecule has 5 heteroatoms. The van der Waals surface area contributed by atoms with Crippen molar-refractivity contribution in [1.29, 1.82) is 0 Å². The molecule has 0 bridgehead atoms. The van der Waals surface area contributed by atoms with Crippen molar-refractivity contribution >= 4 is 12.0 Å². The zero-order valence-corrected chi connectivity index (χ0v) is 11.9. The van der Waals surface area contributed by atoms with Crippen LogP contribution < -0.4 is 10.1 Å². The third-order valence-corrected chi connectivity index (χ3v) is 3.11. The highest BCUT2D eigenvalue weighted by Crippen LogP contribution is 2.18. The summed E-state index contributed by atoms with van der Waals surface area (Å²) in [6.07, 6.45) is 2.95. The fourth-order valence-corrected chi connectivity index (χ4v) is 1.52. The van der Waals surface area contributed by atoms with Gasteiger partial charge in [0.05, 0.1) is 7.11 Å². The number of aliphatic hydroxyl groups is 1. The molecule has 0 aliphatic heterocycles. The monoisotopic (exact) mass is 281 g/mol. The van der Waals surface area contributed by atoms with Crippen molar-refractivity contribution in [3.8, 4) is 5.75 Å². The third kappa shape index (κ3) is 4.66. The lowest BCUT2D eigenvalue weighted by atomic mass is 10.1. The van der Waals surface area contributed by atoms with E-state index in [9.17, 15) is 9.18 Å². The predicted octanol–water partition coefficient (Wildman–Crippen LogP) is 1.98. The summed E-state index contributed by atoms with van der Waals surface area (Å²) in [5.74, 6) is -0.589. The van der Waals surface area contributed by atoms with E-state index in [-0.39, 0.29) is 30.2 Å². The van der Waals surface area contributed by atoms with Gasteiger partial charge in [0.25, 0.3) is 0 Å². The topological polar surface area (TPSA) is 58.6 Å². The molecule has 0 fully saturated rings. The number of hydrogen-bond donors (Lipinski definition) is 2. The van der Waals surface area contributed by atoms with Crippen LogP contribution in [0.5, 0.6) is 5.75 Å². The molecule has 0 radical (unpaired) electrons. The third-order valence-electron chi connectivity index (χ3n) is 3.11. The largest absolute Gasteiger partial charge is 0.494 e. The van der Waals surface area contributed by atoms with E-state index in [0.29, 0.717) is 5.56 Å². The molecule has 1 amide bonds. The van der Waals surface area contributed by atoms with Crippen molar-refractivity contribution < 1.29 is 19.0 Å². The van der Waals surface area contributed by atoms with E-state index in [1.807, 2.05) is 13.8 Å². The van der Waals surface area contributed by atoms with E-state index < -0.39 is 5.82 Å². The first-order valence-electron chi connectivity index (χ1n) is 6.41. The summed E-state index contributed by atoms with van der Waals surface area (Å²) in [7, 11) is 1.39. The van der Waals surface area contributed by atoms with Crippen molar-refractivity contribution in [2.45, 2.75) is 19.9 Å². The van der Waals surface area contributed by atoms with Gasteiger partial charge in [0.2, 0.25) is 5.91 Å². The number of benzene rings is 1. The fourth-order valence-electron chi connectivity index (χ4n) is 1.52. The highest BCUT2D eigenvalue weighted by atomic mass is 19.1. The molecule has 1 aromatic rings. The van der Waals surface area contributed by atoms with E-state index >= 15 is 0 Å². The maximum Gasteiger partial charge on any atom is 0.244 e. The molecule has 2 atom stereocenters. The Kier molecular flexibility index (Phi) is 6.18. The molecule has 1 aromatic carbocycles. The molecular formula is C15H20FNO3. The van der Waals surface area contributed by atoms with Crippen LogP contribution in [-0.4, -0.2) is 30.8 Å². The van der Waals surface area contributed by atoms with Gasteiger partial charge in [0.1, 0.15) is 0 Å². The zero-order chi connectivity index (χ0) is 15.1. The van der Waals surface area contributed by atoms with Gasteiger partial charge >= 0.3 is 0 Å². The van der Waals surface area contributed by atoms with Crippen molar-refractivity contribution in [3.63, 3.8) is 0 Å². The van der Waals surface area contributed by atoms with E-state index in [2.05, 4.69) is 5.32 Å². The summed E-state index contributed by atoms with van der Waals surface area (Å²) in [5, 5.41) is 11.7. The molecular weight excluding hydrogens is 261 g/mol. The Bertz CT molecular complexity index is 488. The lowest BCUT2D eigenvalue weighted by Crippen LogP contribution is -2.37. The number of ether oxygens (including phenoxy) is 1. The lowest BCUT2D eigenvalue weighted by molar-refractivity contribution is -0.117. The summed E-state index contributed by atoms with van der Waals surface area (Å²) < 4.78 is 18.1. The number of hydrogen-bond acceptors (Lipinski definition) is 3. The number of carbonyl (C=O) groups excluding carboxylic acids is 1. The van der Waals surface area contributed by atoms with E-state index in [4.69, 9.17) is 9.84 Å². The van der Waals surface area contributed by atoms with Crippen LogP contribution >= 0.6 is 0 Å². The molecule has 0 heterocycles. The summed E-state index contributed by atoms with van der Waals surface area (Å²) >= 11 is 0. The summed E-state index contributed by atoms with van der Waals surface area (Å²) in [5.41, 5.74) is 0.668. The standard InChI is InChI=1S/C15H20FNO3/c1-10(9-18)11(2)17-15(19)7-5-12-4-6-13(16)14(8-12)20-3/h4-8,10-11,18H,9H2,1-3H3,(H,17,19)/b7-5+. The van der Waals surface area contributed by atoms with E-state index in [1.54, 1.807) is 12.1 Å². The average Bonchev–Trinajstić information content (AvgIpc) is 2.45. The first-order chi connectivity index (χ1) is 9.47. The maximum atomic E-state index is 13.2. The van der Waals surface area contributed by atoms with Gasteiger partial charge in [0.15, 0.2) is 11.6 Å². The summed E-state index contributed by atoms with van der Waals surface area (Å²) in [4.78, 5) is 11.7. The molecule has 2 unspecified atom stereocenters. The smallest absolute Gasteiger partial charge is 0.244 e. The van der Waals surface area contributed by atoms with Crippen molar-refractivity contribution in [1.82, 2.24) is 5.32 Å². The highest BCUT2D eigenvalue weighted by Gasteiger charge is 2.12. The number of methoxy groups -OCH3 is 1. The molecule has 0 aliphatic rings. The van der Waals surface area contributed by atoms with Gasteiger partial charge in [-0.05, 0) is 36.6 Å². The highest BCUT2D eigenvalue weighted by molar-refractivity contribution is 5.91. The normalized spacial score (nSPS) is 14.1. The number of rotatable bonds is 6. The van der Waals surface area contributed by atoms with Crippen LogP contribution in [0.1, 0.15) is 19.4 Å². The van der Waals surface area contributed by atoms with Crippen LogP contribution in [0.15, 0.2) is 24.3 Å². The Morgan fingerprint density at radius 2 is 2.20 bits per heavy atom. The molecule has 0 aliphatic carbocycles. The molecule has 0 spiro atoms. The number of nitrogens with one attached hydrogen (secondary N) is 1. The Morgan fingerprint density at radius 3 is 2.80 bits per heavy atom. The first kappa shape index (κ1) is 16.2. The minimum atomic E-state index is -0.445. The van der Waals surface area contributed by atoms with Crippen molar-refractivity contribution in [2.75, 3.05) is 13.7 Å².